The van der Waals surface area contributed by atoms with E-state index in [2.05, 4.69) is 59.9 Å². The molecule has 1 fully saturated rings. The summed E-state index contributed by atoms with van der Waals surface area (Å²) in [6.45, 7) is 18.6. The number of rotatable bonds is 11. The summed E-state index contributed by atoms with van der Waals surface area (Å²) < 4.78 is 0. The van der Waals surface area contributed by atoms with Crippen LogP contribution in [-0.4, -0.2) is 45.1 Å². The summed E-state index contributed by atoms with van der Waals surface area (Å²) in [5, 5.41) is 41.1. The van der Waals surface area contributed by atoms with Crippen molar-refractivity contribution in [2.24, 2.45) is 39.9 Å². The van der Waals surface area contributed by atoms with Crippen molar-refractivity contribution in [1.29, 1.82) is 0 Å². The van der Waals surface area contributed by atoms with Gasteiger partial charge in [0.2, 0.25) is 0 Å². The first kappa shape index (κ1) is 29.4. The molecule has 4 N–H and O–H groups in total. The molecule has 3 rings (SSSR count). The fourth-order valence-corrected chi connectivity index (χ4v) is 7.83. The highest BCUT2D eigenvalue weighted by molar-refractivity contribution is 5.71. The number of aliphatic carboxylic acids is 2. The lowest BCUT2D eigenvalue weighted by Crippen LogP contribution is -2.49. The number of aliphatic hydroxyl groups is 2. The number of hydrogen-bond acceptors (Lipinski definition) is 4. The molecule has 206 valence electrons. The maximum absolute atomic E-state index is 12.6. The lowest BCUT2D eigenvalue weighted by atomic mass is 9.48. The zero-order chi connectivity index (χ0) is 27.9. The van der Waals surface area contributed by atoms with Crippen LogP contribution in [0.1, 0.15) is 79.6 Å². The van der Waals surface area contributed by atoms with Crippen molar-refractivity contribution >= 4 is 11.9 Å². The van der Waals surface area contributed by atoms with E-state index in [9.17, 15) is 30.0 Å². The highest BCUT2D eigenvalue weighted by Crippen LogP contribution is 2.70. The predicted molar refractivity (Wildman–Crippen MR) is 145 cm³/mol. The molecule has 0 aliphatic heterocycles. The van der Waals surface area contributed by atoms with Gasteiger partial charge in [-0.3, -0.25) is 9.59 Å². The number of carbonyl (C=O) groups is 2. The monoisotopic (exact) mass is 514 g/mol. The standard InChI is InChI=1S/C31H46O6/c1-18(2)19(3)8-9-21(28(36)37)27-25(33)16-31(7)24-11-10-22(20(4)17-32)29(5,14-13-26(34)35)23(24)12-15-30(27,31)6/h11-12,18,21-22,25,27,32-33H,3-4,8-10,13-17H2,1-2,5-7H3,(H,34,35)(H,36,37)/t21-,22?,25-,27+,29+,30-,31+/m1/s1. The van der Waals surface area contributed by atoms with Gasteiger partial charge in [0.1, 0.15) is 0 Å². The van der Waals surface area contributed by atoms with E-state index in [4.69, 9.17) is 0 Å². The van der Waals surface area contributed by atoms with Crippen molar-refractivity contribution in [2.45, 2.75) is 85.7 Å². The Kier molecular flexibility index (Phi) is 8.36. The lowest BCUT2D eigenvalue weighted by Gasteiger charge is -2.56. The molecule has 6 nitrogen and oxygen atoms in total. The van der Waals surface area contributed by atoms with Gasteiger partial charge in [-0.25, -0.2) is 0 Å². The third-order valence-electron chi connectivity index (χ3n) is 10.5. The van der Waals surface area contributed by atoms with E-state index in [0.29, 0.717) is 44.1 Å². The lowest BCUT2D eigenvalue weighted by molar-refractivity contribution is -0.148. The minimum absolute atomic E-state index is 0.0103. The number of hydrogen-bond donors (Lipinski definition) is 4. The Bertz CT molecular complexity index is 1020. The maximum Gasteiger partial charge on any atom is 0.306 e. The molecule has 0 aromatic carbocycles. The average molecular weight is 515 g/mol. The Hall–Kier alpha value is -2.18. The SMILES string of the molecule is C=C(CC[C@@H](C(=O)O)[C@H]1[C@H](O)C[C@@]2(C)C3=CCC(C(=C)CO)[C@](C)(CCC(=O)O)C3=CC[C@]12C)C(C)C. The zero-order valence-corrected chi connectivity index (χ0v) is 23.2. The molecule has 0 bridgehead atoms. The van der Waals surface area contributed by atoms with Crippen LogP contribution in [0.5, 0.6) is 0 Å². The van der Waals surface area contributed by atoms with Crippen LogP contribution in [0, 0.1) is 39.9 Å². The van der Waals surface area contributed by atoms with Crippen LogP contribution < -0.4 is 0 Å². The molecule has 0 saturated heterocycles. The van der Waals surface area contributed by atoms with Gasteiger partial charge in [-0.1, -0.05) is 65.5 Å². The van der Waals surface area contributed by atoms with Gasteiger partial charge in [0, 0.05) is 17.8 Å². The molecule has 6 heteroatoms. The van der Waals surface area contributed by atoms with Crippen molar-refractivity contribution in [3.8, 4) is 0 Å². The van der Waals surface area contributed by atoms with Crippen LogP contribution >= 0.6 is 0 Å². The van der Waals surface area contributed by atoms with Crippen molar-refractivity contribution in [3.63, 3.8) is 0 Å². The van der Waals surface area contributed by atoms with E-state index in [-0.39, 0.29) is 24.9 Å². The van der Waals surface area contributed by atoms with E-state index in [1.165, 1.54) is 0 Å². The highest BCUT2D eigenvalue weighted by atomic mass is 16.4. The van der Waals surface area contributed by atoms with Gasteiger partial charge < -0.3 is 20.4 Å². The van der Waals surface area contributed by atoms with Gasteiger partial charge in [0.25, 0.3) is 0 Å². The molecule has 0 aromatic rings. The number of allylic oxidation sites excluding steroid dienone is 5. The molecule has 3 aliphatic carbocycles. The summed E-state index contributed by atoms with van der Waals surface area (Å²) in [7, 11) is 0. The fraction of sp³-hybridized carbons (Fsp3) is 0.677. The molecule has 7 atom stereocenters. The number of carboxylic acid groups (broad SMARTS) is 2. The summed E-state index contributed by atoms with van der Waals surface area (Å²) in [4.78, 5) is 24.1. The Labute approximate surface area is 221 Å². The third-order valence-corrected chi connectivity index (χ3v) is 10.5. The summed E-state index contributed by atoms with van der Waals surface area (Å²) in [5.41, 5.74) is 2.45. The van der Waals surface area contributed by atoms with Crippen LogP contribution in [0.4, 0.5) is 0 Å². The van der Waals surface area contributed by atoms with Crippen LogP contribution in [0.2, 0.25) is 0 Å². The first-order valence-corrected chi connectivity index (χ1v) is 13.6. The smallest absolute Gasteiger partial charge is 0.306 e. The van der Waals surface area contributed by atoms with Crippen molar-refractivity contribution in [2.75, 3.05) is 6.61 Å². The molecule has 1 saturated carbocycles. The molecule has 1 unspecified atom stereocenters. The topological polar surface area (TPSA) is 115 Å². The number of aliphatic hydroxyl groups excluding tert-OH is 2. The molecule has 0 aromatic heterocycles. The fourth-order valence-electron chi connectivity index (χ4n) is 7.83. The van der Waals surface area contributed by atoms with Gasteiger partial charge in [-0.15, -0.1) is 0 Å². The van der Waals surface area contributed by atoms with E-state index in [0.717, 1.165) is 16.7 Å². The van der Waals surface area contributed by atoms with E-state index >= 15 is 0 Å². The molecular formula is C31H46O6. The van der Waals surface area contributed by atoms with Crippen LogP contribution in [0.25, 0.3) is 0 Å². The average Bonchev–Trinajstić information content (AvgIpc) is 3.03. The van der Waals surface area contributed by atoms with Gasteiger partial charge in [0.05, 0.1) is 18.6 Å². The van der Waals surface area contributed by atoms with E-state index < -0.39 is 46.1 Å². The second-order valence-corrected chi connectivity index (χ2v) is 12.7. The predicted octanol–water partition coefficient (Wildman–Crippen LogP) is 5.77. The van der Waals surface area contributed by atoms with E-state index in [1.807, 2.05) is 0 Å². The second-order valence-electron chi connectivity index (χ2n) is 12.7. The molecule has 0 radical (unpaired) electrons. The molecule has 0 spiro atoms. The molecule has 3 aliphatic rings. The first-order chi connectivity index (χ1) is 17.1. The molecule has 37 heavy (non-hydrogen) atoms. The van der Waals surface area contributed by atoms with Gasteiger partial charge in [-0.05, 0) is 77.9 Å². The first-order valence-electron chi connectivity index (χ1n) is 13.6. The normalized spacial score (nSPS) is 35.7. The Morgan fingerprint density at radius 1 is 1.08 bits per heavy atom. The van der Waals surface area contributed by atoms with Crippen molar-refractivity contribution in [3.05, 3.63) is 47.6 Å². The Morgan fingerprint density at radius 2 is 1.73 bits per heavy atom. The summed E-state index contributed by atoms with van der Waals surface area (Å²) in [6, 6.07) is 0. The minimum Gasteiger partial charge on any atom is -0.481 e. The minimum atomic E-state index is -0.871. The van der Waals surface area contributed by atoms with Crippen molar-refractivity contribution in [1.82, 2.24) is 0 Å². The number of fused-ring (bicyclic) bond motifs is 3. The largest absolute Gasteiger partial charge is 0.481 e. The maximum atomic E-state index is 12.6. The summed E-state index contributed by atoms with van der Waals surface area (Å²) in [5.74, 6) is -2.64. The molecule has 0 heterocycles. The third kappa shape index (κ3) is 4.87. The summed E-state index contributed by atoms with van der Waals surface area (Å²) >= 11 is 0. The second kappa shape index (κ2) is 10.5. The molecular weight excluding hydrogens is 468 g/mol. The highest BCUT2D eigenvalue weighted by Gasteiger charge is 2.65. The zero-order valence-electron chi connectivity index (χ0n) is 23.2. The van der Waals surface area contributed by atoms with Crippen LogP contribution in [-0.2, 0) is 9.59 Å². The molecule has 0 amide bonds. The van der Waals surface area contributed by atoms with Gasteiger partial charge in [-0.2, -0.15) is 0 Å². The van der Waals surface area contributed by atoms with Crippen LogP contribution in [0.3, 0.4) is 0 Å². The van der Waals surface area contributed by atoms with E-state index in [1.54, 1.807) is 0 Å². The van der Waals surface area contributed by atoms with Gasteiger partial charge >= 0.3 is 11.9 Å². The quantitative estimate of drug-likeness (QED) is 0.260. The number of carboxylic acids is 2. The van der Waals surface area contributed by atoms with Crippen molar-refractivity contribution < 1.29 is 30.0 Å². The Morgan fingerprint density at radius 3 is 2.27 bits per heavy atom. The van der Waals surface area contributed by atoms with Gasteiger partial charge in [0.15, 0.2) is 0 Å². The summed E-state index contributed by atoms with van der Waals surface area (Å²) in [6.07, 6.45) is 6.79. The van der Waals surface area contributed by atoms with Crippen LogP contribution in [0.15, 0.2) is 47.6 Å². The Balaban J connectivity index is 2.06.